The van der Waals surface area contributed by atoms with Crippen LogP contribution in [-0.2, 0) is 11.2 Å². The van der Waals surface area contributed by atoms with E-state index in [9.17, 15) is 9.18 Å². The topological polar surface area (TPSA) is 55.1 Å². The van der Waals surface area contributed by atoms with Crippen LogP contribution < -0.4 is 5.32 Å². The second kappa shape index (κ2) is 6.43. The molecule has 0 spiro atoms. The number of rotatable bonds is 5. The number of ketones is 1. The van der Waals surface area contributed by atoms with Gasteiger partial charge in [0.15, 0.2) is 5.58 Å². The van der Waals surface area contributed by atoms with Crippen LogP contribution in [0.5, 0.6) is 0 Å². The highest BCUT2D eigenvalue weighted by atomic mass is 19.1. The Morgan fingerprint density at radius 2 is 2.08 bits per heavy atom. The minimum atomic E-state index is -0.286. The molecule has 0 bridgehead atoms. The van der Waals surface area contributed by atoms with E-state index in [1.54, 1.807) is 19.1 Å². The number of carbonyl (C=O) groups excluding carboxylic acids is 1. The molecule has 1 N–H and O–H groups in total. The zero-order valence-electron chi connectivity index (χ0n) is 13.9. The van der Waals surface area contributed by atoms with Crippen molar-refractivity contribution in [1.29, 1.82) is 0 Å². The lowest BCUT2D eigenvalue weighted by molar-refractivity contribution is -0.121. The van der Waals surface area contributed by atoms with Gasteiger partial charge in [-0.3, -0.25) is 4.79 Å². The number of nitrogens with zero attached hydrogens (tertiary/aromatic N) is 1. The second-order valence-corrected chi connectivity index (χ2v) is 6.16. The number of nitrogens with one attached hydrogen (secondary N) is 1. The van der Waals surface area contributed by atoms with E-state index in [0.717, 1.165) is 5.56 Å². The molecule has 0 aliphatic carbocycles. The molecule has 0 aliphatic rings. The third-order valence-electron chi connectivity index (χ3n) is 3.98. The standard InChI is InChI=1S/C19H19FN2O2/c1-11(2)17(23)9-13-7-8-16-18(10-13)24-19(22-16)21-15-6-4-5-14(20)12(15)3/h4-8,10-11H,9H2,1-3H3,(H,21,22). The zero-order valence-corrected chi connectivity index (χ0v) is 13.9. The van der Waals surface area contributed by atoms with Crippen molar-refractivity contribution in [1.82, 2.24) is 4.98 Å². The van der Waals surface area contributed by atoms with Crippen LogP contribution in [-0.4, -0.2) is 10.8 Å². The predicted molar refractivity (Wildman–Crippen MR) is 92.0 cm³/mol. The Morgan fingerprint density at radius 3 is 2.83 bits per heavy atom. The molecule has 1 aromatic heterocycles. The van der Waals surface area contributed by atoms with Crippen molar-refractivity contribution in [2.24, 2.45) is 5.92 Å². The molecule has 2 aromatic carbocycles. The summed E-state index contributed by atoms with van der Waals surface area (Å²) in [6.07, 6.45) is 0.375. The monoisotopic (exact) mass is 326 g/mol. The number of carbonyl (C=O) groups is 1. The number of benzene rings is 2. The average molecular weight is 326 g/mol. The molecular weight excluding hydrogens is 307 g/mol. The van der Waals surface area contributed by atoms with E-state index >= 15 is 0 Å². The van der Waals surface area contributed by atoms with Gasteiger partial charge in [0.2, 0.25) is 0 Å². The minimum absolute atomic E-state index is 0.00334. The summed E-state index contributed by atoms with van der Waals surface area (Å²) in [4.78, 5) is 16.2. The van der Waals surface area contributed by atoms with Gasteiger partial charge in [-0.1, -0.05) is 26.0 Å². The molecule has 0 saturated heterocycles. The number of anilines is 2. The van der Waals surface area contributed by atoms with Crippen LogP contribution in [0.3, 0.4) is 0 Å². The van der Waals surface area contributed by atoms with Crippen LogP contribution in [0.15, 0.2) is 40.8 Å². The summed E-state index contributed by atoms with van der Waals surface area (Å²) in [5.74, 6) is -0.100. The van der Waals surface area contributed by atoms with E-state index in [2.05, 4.69) is 10.3 Å². The highest BCUT2D eigenvalue weighted by Gasteiger charge is 2.12. The maximum absolute atomic E-state index is 13.6. The van der Waals surface area contributed by atoms with E-state index in [1.807, 2.05) is 32.0 Å². The molecule has 4 nitrogen and oxygen atoms in total. The first-order valence-corrected chi connectivity index (χ1v) is 7.88. The first kappa shape index (κ1) is 16.2. The molecular formula is C19H19FN2O2. The van der Waals surface area contributed by atoms with Crippen molar-refractivity contribution in [3.63, 3.8) is 0 Å². The molecule has 124 valence electrons. The van der Waals surface area contributed by atoms with Gasteiger partial charge in [-0.25, -0.2) is 4.39 Å². The molecule has 1 heterocycles. The van der Waals surface area contributed by atoms with E-state index < -0.39 is 0 Å². The van der Waals surface area contributed by atoms with Crippen LogP contribution in [0.4, 0.5) is 16.1 Å². The van der Waals surface area contributed by atoms with Crippen LogP contribution in [0.25, 0.3) is 11.1 Å². The molecule has 3 rings (SSSR count). The van der Waals surface area contributed by atoms with Gasteiger partial charge in [-0.2, -0.15) is 4.98 Å². The second-order valence-electron chi connectivity index (χ2n) is 6.16. The van der Waals surface area contributed by atoms with Gasteiger partial charge in [0.25, 0.3) is 6.01 Å². The Hall–Kier alpha value is -2.69. The third kappa shape index (κ3) is 3.30. The summed E-state index contributed by atoms with van der Waals surface area (Å²) in [6.45, 7) is 5.47. The van der Waals surface area contributed by atoms with Crippen molar-refractivity contribution in [2.45, 2.75) is 27.2 Å². The quantitative estimate of drug-likeness (QED) is 0.732. The van der Waals surface area contributed by atoms with E-state index in [4.69, 9.17) is 4.42 Å². The van der Waals surface area contributed by atoms with Crippen LogP contribution in [0, 0.1) is 18.7 Å². The Kier molecular flexibility index (Phi) is 4.34. The lowest BCUT2D eigenvalue weighted by atomic mass is 10.0. The van der Waals surface area contributed by atoms with Gasteiger partial charge in [-0.15, -0.1) is 0 Å². The van der Waals surface area contributed by atoms with Crippen molar-refractivity contribution in [3.05, 3.63) is 53.3 Å². The summed E-state index contributed by atoms with van der Waals surface area (Å²) >= 11 is 0. The molecule has 3 aromatic rings. The predicted octanol–water partition coefficient (Wildman–Crippen LogP) is 4.79. The Morgan fingerprint density at radius 1 is 1.29 bits per heavy atom. The highest BCUT2D eigenvalue weighted by molar-refractivity contribution is 5.84. The molecule has 0 fully saturated rings. The summed E-state index contributed by atoms with van der Waals surface area (Å²) < 4.78 is 19.3. The average Bonchev–Trinajstić information content (AvgIpc) is 2.93. The van der Waals surface area contributed by atoms with Crippen LogP contribution in [0.2, 0.25) is 0 Å². The number of aromatic nitrogens is 1. The molecule has 0 unspecified atom stereocenters. The van der Waals surface area contributed by atoms with Gasteiger partial charge >= 0.3 is 0 Å². The SMILES string of the molecule is Cc1c(F)cccc1Nc1nc2ccc(CC(=O)C(C)C)cc2o1. The first-order chi connectivity index (χ1) is 11.4. The summed E-state index contributed by atoms with van der Waals surface area (Å²) in [6, 6.07) is 10.6. The lowest BCUT2D eigenvalue weighted by Crippen LogP contribution is -2.09. The van der Waals surface area contributed by atoms with Gasteiger partial charge < -0.3 is 9.73 Å². The number of hydrogen-bond acceptors (Lipinski definition) is 4. The number of oxazole rings is 1. The third-order valence-corrected chi connectivity index (χ3v) is 3.98. The van der Waals surface area contributed by atoms with Crippen LogP contribution >= 0.6 is 0 Å². The van der Waals surface area contributed by atoms with Crippen molar-refractivity contribution < 1.29 is 13.6 Å². The van der Waals surface area contributed by atoms with E-state index in [0.29, 0.717) is 34.8 Å². The molecule has 5 heteroatoms. The fraction of sp³-hybridized carbons (Fsp3) is 0.263. The Labute approximate surface area is 139 Å². The largest absolute Gasteiger partial charge is 0.423 e. The molecule has 0 atom stereocenters. The Balaban J connectivity index is 1.86. The van der Waals surface area contributed by atoms with E-state index in [1.165, 1.54) is 6.07 Å². The zero-order chi connectivity index (χ0) is 17.3. The molecule has 0 aliphatic heterocycles. The lowest BCUT2D eigenvalue weighted by Gasteiger charge is -2.05. The minimum Gasteiger partial charge on any atom is -0.423 e. The molecule has 0 radical (unpaired) electrons. The number of hydrogen-bond donors (Lipinski definition) is 1. The molecule has 0 saturated carbocycles. The Bertz CT molecular complexity index is 900. The van der Waals surface area contributed by atoms with Crippen molar-refractivity contribution >= 4 is 28.6 Å². The van der Waals surface area contributed by atoms with Gasteiger partial charge in [0.05, 0.1) is 0 Å². The number of halogens is 1. The molecule has 24 heavy (non-hydrogen) atoms. The highest BCUT2D eigenvalue weighted by Crippen LogP contribution is 2.26. The summed E-state index contributed by atoms with van der Waals surface area (Å²) in [7, 11) is 0. The van der Waals surface area contributed by atoms with Crippen molar-refractivity contribution in [3.8, 4) is 0 Å². The van der Waals surface area contributed by atoms with E-state index in [-0.39, 0.29) is 17.5 Å². The number of fused-ring (bicyclic) bond motifs is 1. The first-order valence-electron chi connectivity index (χ1n) is 7.88. The van der Waals surface area contributed by atoms with Gasteiger partial charge in [0.1, 0.15) is 17.1 Å². The normalized spacial score (nSPS) is 11.2. The summed E-state index contributed by atoms with van der Waals surface area (Å²) in [5.41, 5.74) is 3.29. The fourth-order valence-electron chi connectivity index (χ4n) is 2.40. The maximum Gasteiger partial charge on any atom is 0.300 e. The van der Waals surface area contributed by atoms with Crippen LogP contribution in [0.1, 0.15) is 25.0 Å². The van der Waals surface area contributed by atoms with Gasteiger partial charge in [0, 0.05) is 23.6 Å². The maximum atomic E-state index is 13.6. The van der Waals surface area contributed by atoms with Crippen molar-refractivity contribution in [2.75, 3.05) is 5.32 Å². The molecule has 0 amide bonds. The number of Topliss-reactive ketones (excluding diaryl/α,β-unsaturated/α-hetero) is 1. The smallest absolute Gasteiger partial charge is 0.300 e. The fourth-order valence-corrected chi connectivity index (χ4v) is 2.40. The van der Waals surface area contributed by atoms with Gasteiger partial charge in [-0.05, 0) is 36.8 Å². The summed E-state index contributed by atoms with van der Waals surface area (Å²) in [5, 5.41) is 3.00.